The summed E-state index contributed by atoms with van der Waals surface area (Å²) in [4.78, 5) is 0. The molecule has 0 fully saturated rings. The second-order valence-electron chi connectivity index (χ2n) is 2.53. The number of aliphatic hydroxyl groups is 1. The van der Waals surface area contributed by atoms with Gasteiger partial charge in [-0.3, -0.25) is 0 Å². The van der Waals surface area contributed by atoms with E-state index < -0.39 is 23.4 Å². The van der Waals surface area contributed by atoms with E-state index in [1.54, 1.807) is 0 Å². The molecule has 0 aromatic heterocycles. The van der Waals surface area contributed by atoms with Gasteiger partial charge in [0, 0.05) is 0 Å². The molecule has 0 saturated heterocycles. The maximum Gasteiger partial charge on any atom is 0.251 e. The van der Waals surface area contributed by atoms with Gasteiger partial charge in [-0.15, -0.1) is 11.6 Å². The van der Waals surface area contributed by atoms with E-state index in [-0.39, 0.29) is 0 Å². The Morgan fingerprint density at radius 1 is 0.733 bits per heavy atom. The molecule has 0 atom stereocenters. The number of halogens is 9. The first-order valence-electron chi connectivity index (χ1n) is 3.11. The van der Waals surface area contributed by atoms with Crippen molar-refractivity contribution in [3.05, 3.63) is 0 Å². The topological polar surface area (TPSA) is 20.2 Å². The van der Waals surface area contributed by atoms with Crippen molar-refractivity contribution in [2.24, 2.45) is 0 Å². The number of rotatable bonds is 4. The molecule has 0 amide bonds. The highest BCUT2D eigenvalue weighted by atomic mass is 35.6. The van der Waals surface area contributed by atoms with Crippen molar-refractivity contribution in [1.82, 2.24) is 0 Å². The van der Waals surface area contributed by atoms with Crippen molar-refractivity contribution < 1.29 is 5.11 Å². The van der Waals surface area contributed by atoms with E-state index in [9.17, 15) is 5.11 Å². The van der Waals surface area contributed by atoms with Crippen LogP contribution in [0.1, 0.15) is 0 Å². The Morgan fingerprint density at radius 2 is 1.07 bits per heavy atom. The summed E-state index contributed by atoms with van der Waals surface area (Å²) in [5, 5.41) is 9.28. The highest BCUT2D eigenvalue weighted by Gasteiger charge is 2.68. The maximum atomic E-state index is 9.28. The van der Waals surface area contributed by atoms with E-state index >= 15 is 0 Å². The minimum atomic E-state index is -2.68. The molecule has 0 aliphatic carbocycles. The molecule has 0 aliphatic heterocycles. The second kappa shape index (κ2) is 5.28. The van der Waals surface area contributed by atoms with E-state index in [1.807, 2.05) is 0 Å². The molecule has 92 valence electrons. The van der Waals surface area contributed by atoms with Gasteiger partial charge in [-0.05, 0) is 0 Å². The Bertz CT molecular complexity index is 229. The molecule has 0 bridgehead atoms. The zero-order chi connectivity index (χ0) is 12.7. The SMILES string of the molecule is OC(Cl)(Cl)C(Cl)(Cl)C(Cl)(Cl)C(Cl)(Cl)CCl. The summed E-state index contributed by atoms with van der Waals surface area (Å²) in [5.74, 6) is -0.422. The fourth-order valence-electron chi connectivity index (χ4n) is 0.502. The zero-order valence-electron chi connectivity index (χ0n) is 6.56. The molecule has 0 saturated carbocycles. The van der Waals surface area contributed by atoms with Gasteiger partial charge >= 0.3 is 0 Å². The van der Waals surface area contributed by atoms with Crippen LogP contribution in [-0.4, -0.2) is 28.5 Å². The van der Waals surface area contributed by atoms with Crippen LogP contribution in [0.25, 0.3) is 0 Å². The summed E-state index contributed by atoms with van der Waals surface area (Å²) in [6, 6.07) is 0. The molecular weight excluding hydrogens is 395 g/mol. The minimum Gasteiger partial charge on any atom is -0.360 e. The van der Waals surface area contributed by atoms with E-state index in [1.165, 1.54) is 0 Å². The third kappa shape index (κ3) is 3.32. The molecule has 0 heterocycles. The molecule has 1 nitrogen and oxygen atoms in total. The molecule has 10 heteroatoms. The first-order valence-corrected chi connectivity index (χ1v) is 6.66. The van der Waals surface area contributed by atoms with Gasteiger partial charge in [-0.2, -0.15) is 0 Å². The number of hydrogen-bond donors (Lipinski definition) is 1. The molecule has 0 unspecified atom stereocenters. The van der Waals surface area contributed by atoms with Crippen LogP contribution in [0.4, 0.5) is 0 Å². The molecule has 0 aliphatic rings. The summed E-state index contributed by atoms with van der Waals surface area (Å²) in [6.45, 7) is 0. The van der Waals surface area contributed by atoms with Gasteiger partial charge in [0.05, 0.1) is 5.88 Å². The van der Waals surface area contributed by atoms with Crippen LogP contribution in [0.3, 0.4) is 0 Å². The standard InChI is InChI=1S/C5H3Cl9O/c6-1-2(7,8)3(9,10)4(11,12)5(13,14)15/h15H,1H2. The zero-order valence-corrected chi connectivity index (χ0v) is 13.4. The third-order valence-corrected chi connectivity index (χ3v) is 6.96. The highest BCUT2D eigenvalue weighted by Crippen LogP contribution is 2.60. The molecule has 1 N–H and O–H groups in total. The lowest BCUT2D eigenvalue weighted by Gasteiger charge is -2.43. The van der Waals surface area contributed by atoms with Crippen LogP contribution in [0.15, 0.2) is 0 Å². The average molecular weight is 398 g/mol. The molecule has 0 radical (unpaired) electrons. The summed E-state index contributed by atoms with van der Waals surface area (Å²) in [6.07, 6.45) is 0. The highest BCUT2D eigenvalue weighted by molar-refractivity contribution is 6.73. The van der Waals surface area contributed by atoms with Gasteiger partial charge in [0.25, 0.3) is 4.52 Å². The van der Waals surface area contributed by atoms with Crippen LogP contribution in [0.2, 0.25) is 0 Å². The van der Waals surface area contributed by atoms with Gasteiger partial charge in [-0.25, -0.2) is 0 Å². The average Bonchev–Trinajstić information content (AvgIpc) is 2.01. The Labute approximate surface area is 132 Å². The predicted molar refractivity (Wildman–Crippen MR) is 70.7 cm³/mol. The van der Waals surface area contributed by atoms with Crippen molar-refractivity contribution >= 4 is 104 Å². The number of alkyl halides is 9. The fraction of sp³-hybridized carbons (Fsp3) is 1.00. The van der Waals surface area contributed by atoms with Gasteiger partial charge < -0.3 is 5.11 Å². The quantitative estimate of drug-likeness (QED) is 0.670. The van der Waals surface area contributed by atoms with Crippen molar-refractivity contribution in [2.45, 2.75) is 17.5 Å². The maximum absolute atomic E-state index is 9.28. The Morgan fingerprint density at radius 3 is 1.27 bits per heavy atom. The van der Waals surface area contributed by atoms with Crippen LogP contribution in [0, 0.1) is 0 Å². The van der Waals surface area contributed by atoms with E-state index in [2.05, 4.69) is 0 Å². The summed E-state index contributed by atoms with van der Waals surface area (Å²) in [5.41, 5.74) is 0. The number of hydrogen-bond acceptors (Lipinski definition) is 1. The molecule has 0 aromatic rings. The monoisotopic (exact) mass is 394 g/mol. The molecular formula is C5H3Cl9O. The lowest BCUT2D eigenvalue weighted by atomic mass is 10.2. The second-order valence-corrected chi connectivity index (χ2v) is 8.22. The lowest BCUT2D eigenvalue weighted by molar-refractivity contribution is 0.185. The Balaban J connectivity index is 5.38. The van der Waals surface area contributed by atoms with Crippen LogP contribution in [0.5, 0.6) is 0 Å². The Kier molecular flexibility index (Phi) is 6.19. The molecule has 0 aromatic carbocycles. The van der Waals surface area contributed by atoms with Gasteiger partial charge in [0.1, 0.15) is 0 Å². The largest absolute Gasteiger partial charge is 0.360 e. The molecule has 0 spiro atoms. The first-order chi connectivity index (χ1) is 6.31. The van der Waals surface area contributed by atoms with Gasteiger partial charge in [-0.1, -0.05) is 92.8 Å². The predicted octanol–water partition coefficient (Wildman–Crippen LogP) is 4.87. The molecule has 15 heavy (non-hydrogen) atoms. The lowest BCUT2D eigenvalue weighted by Crippen LogP contribution is -2.58. The normalized spacial score (nSPS) is 15.6. The van der Waals surface area contributed by atoms with E-state index in [0.29, 0.717) is 0 Å². The van der Waals surface area contributed by atoms with Crippen LogP contribution in [-0.2, 0) is 0 Å². The van der Waals surface area contributed by atoms with Crippen molar-refractivity contribution in [1.29, 1.82) is 0 Å². The third-order valence-electron chi connectivity index (χ3n) is 1.40. The van der Waals surface area contributed by atoms with E-state index in [4.69, 9.17) is 104 Å². The van der Waals surface area contributed by atoms with Gasteiger partial charge in [0.2, 0.25) is 4.33 Å². The van der Waals surface area contributed by atoms with E-state index in [0.717, 1.165) is 0 Å². The van der Waals surface area contributed by atoms with Crippen molar-refractivity contribution in [2.75, 3.05) is 5.88 Å². The van der Waals surface area contributed by atoms with Crippen LogP contribution < -0.4 is 0 Å². The summed E-state index contributed by atoms with van der Waals surface area (Å²) < 4.78 is -9.43. The van der Waals surface area contributed by atoms with Crippen molar-refractivity contribution in [3.63, 3.8) is 0 Å². The van der Waals surface area contributed by atoms with Crippen LogP contribution >= 0.6 is 104 Å². The smallest absolute Gasteiger partial charge is 0.251 e. The first kappa shape index (κ1) is 17.6. The summed E-state index contributed by atoms with van der Waals surface area (Å²) in [7, 11) is 0. The van der Waals surface area contributed by atoms with Crippen molar-refractivity contribution in [3.8, 4) is 0 Å². The fourth-order valence-corrected chi connectivity index (χ4v) is 2.52. The Hall–Kier alpha value is 2.57. The van der Waals surface area contributed by atoms with Gasteiger partial charge in [0.15, 0.2) is 8.67 Å². The minimum absolute atomic E-state index is 0.422. The summed E-state index contributed by atoms with van der Waals surface area (Å²) >= 11 is 50.1. The molecule has 0 rings (SSSR count).